The summed E-state index contributed by atoms with van der Waals surface area (Å²) >= 11 is 7.39. The first-order valence-electron chi connectivity index (χ1n) is 14.7. The quantitative estimate of drug-likeness (QED) is 0.205. The van der Waals surface area contributed by atoms with Gasteiger partial charge in [-0.1, -0.05) is 54.1 Å². The van der Waals surface area contributed by atoms with Gasteiger partial charge in [-0.15, -0.1) is 0 Å². The maximum atomic E-state index is 14.8. The normalized spacial score (nSPS) is 26.5. The van der Waals surface area contributed by atoms with Crippen molar-refractivity contribution in [3.05, 3.63) is 110 Å². The number of carbonyl (C=O) groups is 2. The van der Waals surface area contributed by atoms with E-state index in [0.717, 1.165) is 48.8 Å². The van der Waals surface area contributed by atoms with Gasteiger partial charge >= 0.3 is 0 Å². The highest BCUT2D eigenvalue weighted by molar-refractivity contribution is 6.49. The molecular formula is C34H32ClN3O4. The number of nitro groups is 1. The van der Waals surface area contributed by atoms with Crippen LogP contribution < -0.4 is 5.32 Å². The number of amides is 1. The molecular weight excluding hydrogens is 550 g/mol. The molecule has 0 radical (unpaired) electrons. The van der Waals surface area contributed by atoms with Gasteiger partial charge in [-0.25, -0.2) is 0 Å². The first kappa shape index (κ1) is 27.0. The van der Waals surface area contributed by atoms with Crippen molar-refractivity contribution >= 4 is 39.7 Å². The first-order valence-corrected chi connectivity index (χ1v) is 15.1. The Balaban J connectivity index is 1.50. The molecule has 1 aliphatic carbocycles. The topological polar surface area (TPSA) is 92.6 Å². The summed E-state index contributed by atoms with van der Waals surface area (Å²) in [5.74, 6) is -1.55. The summed E-state index contributed by atoms with van der Waals surface area (Å²) in [5, 5.41) is 15.6. The van der Waals surface area contributed by atoms with Crippen LogP contribution in [0.5, 0.6) is 0 Å². The maximum Gasteiger partial charge on any atom is 0.269 e. The molecule has 3 aromatic carbocycles. The van der Waals surface area contributed by atoms with Crippen molar-refractivity contribution in [2.24, 2.45) is 11.8 Å². The number of non-ortho nitro benzene ring substituents is 1. The third kappa shape index (κ3) is 3.76. The lowest BCUT2D eigenvalue weighted by atomic mass is 9.68. The van der Waals surface area contributed by atoms with Crippen molar-refractivity contribution < 1.29 is 14.5 Å². The van der Waals surface area contributed by atoms with Gasteiger partial charge in [0.25, 0.3) is 5.69 Å². The Hall–Kier alpha value is -3.81. The van der Waals surface area contributed by atoms with Crippen LogP contribution in [0.25, 0.3) is 5.03 Å². The predicted molar refractivity (Wildman–Crippen MR) is 163 cm³/mol. The number of benzene rings is 3. The molecule has 3 aliphatic heterocycles. The minimum absolute atomic E-state index is 0.0961. The van der Waals surface area contributed by atoms with Crippen LogP contribution in [-0.2, 0) is 16.8 Å². The van der Waals surface area contributed by atoms with Crippen molar-refractivity contribution in [3.63, 3.8) is 0 Å². The van der Waals surface area contributed by atoms with Crippen molar-refractivity contribution in [1.29, 1.82) is 0 Å². The Bertz CT molecular complexity index is 1700. The number of nitro benzene ring substituents is 1. The number of rotatable bonds is 4. The van der Waals surface area contributed by atoms with E-state index in [2.05, 4.69) is 36.2 Å². The summed E-state index contributed by atoms with van der Waals surface area (Å²) in [6.45, 7) is 4.82. The van der Waals surface area contributed by atoms with Gasteiger partial charge in [0.15, 0.2) is 5.78 Å². The van der Waals surface area contributed by atoms with Gasteiger partial charge in [0, 0.05) is 45.9 Å². The van der Waals surface area contributed by atoms with E-state index in [9.17, 15) is 19.7 Å². The SMILES string of the molecule is Cc1cc2c(cc1C)C(Cl)=C(C1C3CCCN3C3(C(=O)Nc4ccc([N+](=O)[O-])cc43)C1C(=O)c1ccccc1)CCC2. The van der Waals surface area contributed by atoms with Crippen LogP contribution in [0.4, 0.5) is 11.4 Å². The smallest absolute Gasteiger partial charge is 0.269 e. The Kier molecular flexibility index (Phi) is 6.37. The molecule has 4 aliphatic rings. The highest BCUT2D eigenvalue weighted by Gasteiger charge is 2.70. The Morgan fingerprint density at radius 2 is 1.81 bits per heavy atom. The van der Waals surface area contributed by atoms with Gasteiger partial charge in [-0.3, -0.25) is 24.6 Å². The van der Waals surface area contributed by atoms with E-state index < -0.39 is 16.4 Å². The molecule has 4 atom stereocenters. The Morgan fingerprint density at radius 1 is 1.05 bits per heavy atom. The van der Waals surface area contributed by atoms with Crippen molar-refractivity contribution in [1.82, 2.24) is 4.90 Å². The summed E-state index contributed by atoms with van der Waals surface area (Å²) in [6, 6.07) is 17.9. The molecule has 1 spiro atoms. The van der Waals surface area contributed by atoms with E-state index in [0.29, 0.717) is 28.4 Å². The third-order valence-corrected chi connectivity index (χ3v) is 10.5. The van der Waals surface area contributed by atoms with Crippen LogP contribution in [0.2, 0.25) is 0 Å². The standard InChI is InChI=1S/C34H32ClN3O4/c1-19-16-22-10-6-11-24(31(35)25(22)17-20(19)2)29-28-12-7-15-37(28)34(30(29)32(39)21-8-4-3-5-9-21)26-18-23(38(41)42)13-14-27(26)36-33(34)40/h3-5,8-9,13-14,16-18,28-30H,6-7,10-12,15H2,1-2H3,(H,36,40). The second-order valence-corrected chi connectivity index (χ2v) is 12.5. The second-order valence-electron chi connectivity index (χ2n) is 12.1. The predicted octanol–water partition coefficient (Wildman–Crippen LogP) is 6.94. The zero-order valence-electron chi connectivity index (χ0n) is 23.7. The Labute approximate surface area is 249 Å². The van der Waals surface area contributed by atoms with Gasteiger partial charge in [-0.05, 0) is 86.4 Å². The first-order chi connectivity index (χ1) is 20.2. The molecule has 7 nitrogen and oxygen atoms in total. The van der Waals surface area contributed by atoms with Crippen molar-refractivity contribution in [2.45, 2.75) is 57.5 Å². The molecule has 2 fully saturated rings. The number of nitrogens with zero attached hydrogens (tertiary/aromatic N) is 2. The monoisotopic (exact) mass is 581 g/mol. The lowest BCUT2D eigenvalue weighted by Crippen LogP contribution is -2.53. The summed E-state index contributed by atoms with van der Waals surface area (Å²) < 4.78 is 0. The van der Waals surface area contributed by atoms with Crippen molar-refractivity contribution in [3.8, 4) is 0 Å². The molecule has 8 heteroatoms. The molecule has 0 bridgehead atoms. The molecule has 1 N–H and O–H groups in total. The number of hydrogen-bond acceptors (Lipinski definition) is 5. The van der Waals surface area contributed by atoms with E-state index in [1.54, 1.807) is 18.2 Å². The van der Waals surface area contributed by atoms with Crippen molar-refractivity contribution in [2.75, 3.05) is 11.9 Å². The molecule has 42 heavy (non-hydrogen) atoms. The van der Waals surface area contributed by atoms with Gasteiger partial charge in [0.1, 0.15) is 5.54 Å². The summed E-state index contributed by atoms with van der Waals surface area (Å²) in [7, 11) is 0. The largest absolute Gasteiger partial charge is 0.324 e. The average molecular weight is 582 g/mol. The van der Waals surface area contributed by atoms with E-state index in [4.69, 9.17) is 11.6 Å². The molecule has 2 saturated heterocycles. The number of carbonyl (C=O) groups excluding carboxylic acids is 2. The van der Waals surface area contributed by atoms with Crippen LogP contribution >= 0.6 is 11.6 Å². The number of aryl methyl sites for hydroxylation is 3. The molecule has 4 unspecified atom stereocenters. The minimum atomic E-state index is -1.37. The van der Waals surface area contributed by atoms with E-state index in [1.165, 1.54) is 23.3 Å². The number of ketones is 1. The maximum absolute atomic E-state index is 14.8. The number of nitrogens with one attached hydrogen (secondary N) is 1. The summed E-state index contributed by atoms with van der Waals surface area (Å²) in [5.41, 5.74) is 5.72. The second kappa shape index (κ2) is 9.89. The summed E-state index contributed by atoms with van der Waals surface area (Å²) in [6.07, 6.45) is 4.17. The van der Waals surface area contributed by atoms with Gasteiger partial charge in [0.05, 0.1) is 10.8 Å². The van der Waals surface area contributed by atoms with Gasteiger partial charge in [0.2, 0.25) is 5.91 Å². The highest BCUT2D eigenvalue weighted by atomic mass is 35.5. The van der Waals surface area contributed by atoms with Crippen LogP contribution in [0.15, 0.2) is 66.2 Å². The lowest BCUT2D eigenvalue weighted by Gasteiger charge is -2.37. The fourth-order valence-corrected chi connectivity index (χ4v) is 8.59. The number of Topliss-reactive ketones (excluding diaryl/α,β-unsaturated/α-hetero) is 1. The molecule has 3 aromatic rings. The number of hydrogen-bond donors (Lipinski definition) is 1. The van der Waals surface area contributed by atoms with E-state index in [-0.39, 0.29) is 29.3 Å². The fraction of sp³-hybridized carbons (Fsp3) is 0.353. The van der Waals surface area contributed by atoms with Crippen LogP contribution in [-0.4, -0.2) is 34.1 Å². The number of fused-ring (bicyclic) bond motifs is 5. The number of anilines is 1. The molecule has 1 amide bonds. The minimum Gasteiger partial charge on any atom is -0.324 e. The zero-order chi connectivity index (χ0) is 29.3. The molecule has 0 aromatic heterocycles. The molecule has 214 valence electrons. The van der Waals surface area contributed by atoms with E-state index in [1.807, 2.05) is 18.2 Å². The molecule has 0 saturated carbocycles. The van der Waals surface area contributed by atoms with Crippen LogP contribution in [0.1, 0.15) is 63.9 Å². The lowest BCUT2D eigenvalue weighted by molar-refractivity contribution is -0.385. The zero-order valence-corrected chi connectivity index (χ0v) is 24.4. The average Bonchev–Trinajstić information content (AvgIpc) is 3.62. The van der Waals surface area contributed by atoms with Gasteiger partial charge < -0.3 is 5.32 Å². The highest BCUT2D eigenvalue weighted by Crippen LogP contribution is 2.61. The Morgan fingerprint density at radius 3 is 2.57 bits per heavy atom. The third-order valence-electron chi connectivity index (χ3n) is 10.1. The fourth-order valence-electron chi connectivity index (χ4n) is 8.19. The van der Waals surface area contributed by atoms with Crippen LogP contribution in [0, 0.1) is 35.8 Å². The number of halogens is 1. The van der Waals surface area contributed by atoms with E-state index >= 15 is 0 Å². The van der Waals surface area contributed by atoms with Crippen LogP contribution in [0.3, 0.4) is 0 Å². The molecule has 3 heterocycles. The summed E-state index contributed by atoms with van der Waals surface area (Å²) in [4.78, 5) is 42.8. The molecule has 7 rings (SSSR count). The van der Waals surface area contributed by atoms with Gasteiger partial charge in [-0.2, -0.15) is 0 Å².